The Morgan fingerprint density at radius 2 is 1.96 bits per heavy atom. The van der Waals surface area contributed by atoms with Crippen LogP contribution in [0.15, 0.2) is 48.0 Å². The topological polar surface area (TPSA) is 96.0 Å². The van der Waals surface area contributed by atoms with Crippen LogP contribution in [0.4, 0.5) is 11.4 Å². The van der Waals surface area contributed by atoms with Gasteiger partial charge in [-0.05, 0) is 43.2 Å². The molecule has 0 unspecified atom stereocenters. The van der Waals surface area contributed by atoms with Gasteiger partial charge in [0.15, 0.2) is 0 Å². The van der Waals surface area contributed by atoms with Gasteiger partial charge >= 0.3 is 0 Å². The highest BCUT2D eigenvalue weighted by Crippen LogP contribution is 2.22. The predicted molar refractivity (Wildman–Crippen MR) is 91.2 cm³/mol. The van der Waals surface area contributed by atoms with Crippen LogP contribution in [0, 0.1) is 35.3 Å². The maximum absolute atomic E-state index is 12.3. The van der Waals surface area contributed by atoms with E-state index >= 15 is 0 Å². The number of nitrogens with one attached hydrogen (secondary N) is 1. The normalized spacial score (nSPS) is 10.8. The molecule has 0 aliphatic heterocycles. The summed E-state index contributed by atoms with van der Waals surface area (Å²) in [6.45, 7) is 3.73. The minimum absolute atomic E-state index is 0.162. The molecule has 1 amide bonds. The lowest BCUT2D eigenvalue weighted by molar-refractivity contribution is -0.385. The van der Waals surface area contributed by atoms with Crippen molar-refractivity contribution in [3.63, 3.8) is 0 Å². The highest BCUT2D eigenvalue weighted by atomic mass is 16.6. The highest BCUT2D eigenvalue weighted by Gasteiger charge is 2.15. The summed E-state index contributed by atoms with van der Waals surface area (Å²) in [5.74, 6) is -0.607. The van der Waals surface area contributed by atoms with Gasteiger partial charge in [-0.25, -0.2) is 0 Å². The summed E-state index contributed by atoms with van der Waals surface area (Å²) in [6.07, 6.45) is 1.22. The Morgan fingerprint density at radius 1 is 1.25 bits per heavy atom. The van der Waals surface area contributed by atoms with Crippen molar-refractivity contribution in [2.24, 2.45) is 0 Å². The molecular weight excluding hydrogens is 306 g/mol. The average molecular weight is 321 g/mol. The average Bonchev–Trinajstić information content (AvgIpc) is 2.56. The second-order valence-electron chi connectivity index (χ2n) is 5.26. The molecule has 0 radical (unpaired) electrons. The number of rotatable bonds is 4. The smallest absolute Gasteiger partial charge is 0.276 e. The minimum Gasteiger partial charge on any atom is -0.321 e. The van der Waals surface area contributed by atoms with Crippen LogP contribution in [0.3, 0.4) is 0 Å². The fraction of sp³-hybridized carbons (Fsp3) is 0.111. The number of aryl methyl sites for hydroxylation is 2. The number of nitro benzene ring substituents is 1. The number of nitriles is 1. The van der Waals surface area contributed by atoms with Gasteiger partial charge in [0.2, 0.25) is 0 Å². The molecule has 0 saturated heterocycles. The van der Waals surface area contributed by atoms with Crippen molar-refractivity contribution in [3.05, 3.63) is 74.8 Å². The maximum Gasteiger partial charge on any atom is 0.276 e. The molecule has 0 atom stereocenters. The molecule has 6 heteroatoms. The number of para-hydroxylation sites is 1. The summed E-state index contributed by atoms with van der Waals surface area (Å²) in [4.78, 5) is 22.8. The molecule has 24 heavy (non-hydrogen) atoms. The van der Waals surface area contributed by atoms with Gasteiger partial charge in [0.05, 0.1) is 10.5 Å². The Labute approximate surface area is 139 Å². The van der Waals surface area contributed by atoms with Crippen molar-refractivity contribution >= 4 is 23.4 Å². The first-order valence-electron chi connectivity index (χ1n) is 7.16. The number of carbonyl (C=O) groups excluding carboxylic acids is 1. The fourth-order valence-corrected chi connectivity index (χ4v) is 2.14. The van der Waals surface area contributed by atoms with Crippen LogP contribution in [-0.2, 0) is 4.79 Å². The van der Waals surface area contributed by atoms with E-state index in [1.165, 1.54) is 24.3 Å². The lowest BCUT2D eigenvalue weighted by atomic mass is 10.1. The quantitative estimate of drug-likeness (QED) is 0.401. The van der Waals surface area contributed by atoms with E-state index in [0.29, 0.717) is 5.69 Å². The van der Waals surface area contributed by atoms with Crippen LogP contribution in [0.1, 0.15) is 16.7 Å². The molecule has 0 aliphatic rings. The van der Waals surface area contributed by atoms with E-state index in [1.54, 1.807) is 18.2 Å². The van der Waals surface area contributed by atoms with E-state index in [1.807, 2.05) is 26.0 Å². The molecule has 2 rings (SSSR count). The summed E-state index contributed by atoms with van der Waals surface area (Å²) in [7, 11) is 0. The molecule has 6 nitrogen and oxygen atoms in total. The number of anilines is 1. The number of hydrogen-bond donors (Lipinski definition) is 1. The first-order chi connectivity index (χ1) is 11.4. The van der Waals surface area contributed by atoms with Crippen LogP contribution in [0.5, 0.6) is 0 Å². The van der Waals surface area contributed by atoms with Gasteiger partial charge in [0.25, 0.3) is 11.6 Å². The standard InChI is InChI=1S/C18H15N3O3/c1-12-7-8-13(2)16(9-12)20-18(22)15(11-19)10-14-5-3-4-6-17(14)21(23)24/h3-10H,1-2H3,(H,20,22). The molecule has 120 valence electrons. The van der Waals surface area contributed by atoms with Crippen molar-refractivity contribution < 1.29 is 9.72 Å². The third-order valence-electron chi connectivity index (χ3n) is 3.44. The zero-order valence-electron chi connectivity index (χ0n) is 13.2. The van der Waals surface area contributed by atoms with E-state index < -0.39 is 10.8 Å². The summed E-state index contributed by atoms with van der Waals surface area (Å²) >= 11 is 0. The predicted octanol–water partition coefficient (Wildman–Crippen LogP) is 3.76. The SMILES string of the molecule is Cc1ccc(C)c(NC(=O)C(C#N)=Cc2ccccc2[N+](=O)[O-])c1. The van der Waals surface area contributed by atoms with Crippen LogP contribution < -0.4 is 5.32 Å². The number of hydrogen-bond acceptors (Lipinski definition) is 4. The first kappa shape index (κ1) is 16.9. The van der Waals surface area contributed by atoms with Gasteiger partial charge in [-0.15, -0.1) is 0 Å². The van der Waals surface area contributed by atoms with E-state index in [0.717, 1.165) is 11.1 Å². The van der Waals surface area contributed by atoms with Crippen LogP contribution >= 0.6 is 0 Å². The molecule has 0 aliphatic carbocycles. The highest BCUT2D eigenvalue weighted by molar-refractivity contribution is 6.10. The molecule has 0 heterocycles. The van der Waals surface area contributed by atoms with E-state index in [9.17, 15) is 20.2 Å². The fourth-order valence-electron chi connectivity index (χ4n) is 2.14. The molecule has 2 aromatic rings. The molecule has 1 N–H and O–H groups in total. The van der Waals surface area contributed by atoms with E-state index in [-0.39, 0.29) is 16.8 Å². The van der Waals surface area contributed by atoms with Crippen molar-refractivity contribution in [2.75, 3.05) is 5.32 Å². The second-order valence-corrected chi connectivity index (χ2v) is 5.26. The maximum atomic E-state index is 12.3. The van der Waals surface area contributed by atoms with Crippen LogP contribution in [0.25, 0.3) is 6.08 Å². The Balaban J connectivity index is 2.35. The third kappa shape index (κ3) is 3.84. The molecule has 2 aromatic carbocycles. The van der Waals surface area contributed by atoms with Crippen molar-refractivity contribution in [3.8, 4) is 6.07 Å². The summed E-state index contributed by atoms with van der Waals surface area (Å²) in [5, 5.41) is 22.9. The Bertz CT molecular complexity index is 879. The van der Waals surface area contributed by atoms with Crippen molar-refractivity contribution in [2.45, 2.75) is 13.8 Å². The van der Waals surface area contributed by atoms with Gasteiger partial charge in [0, 0.05) is 11.8 Å². The lowest BCUT2D eigenvalue weighted by Crippen LogP contribution is -2.14. The molecule has 0 spiro atoms. The second kappa shape index (κ2) is 7.20. The summed E-state index contributed by atoms with van der Waals surface area (Å²) < 4.78 is 0. The molecule has 0 saturated carbocycles. The van der Waals surface area contributed by atoms with Crippen molar-refractivity contribution in [1.82, 2.24) is 0 Å². The van der Waals surface area contributed by atoms with Gasteiger partial charge in [0.1, 0.15) is 11.6 Å². The lowest BCUT2D eigenvalue weighted by Gasteiger charge is -2.08. The number of nitrogens with zero attached hydrogens (tertiary/aromatic N) is 2. The minimum atomic E-state index is -0.607. The Morgan fingerprint density at radius 3 is 2.62 bits per heavy atom. The monoisotopic (exact) mass is 321 g/mol. The van der Waals surface area contributed by atoms with Crippen molar-refractivity contribution in [1.29, 1.82) is 5.26 Å². The molecular formula is C18H15N3O3. The molecule has 0 fully saturated rings. The largest absolute Gasteiger partial charge is 0.321 e. The van der Waals surface area contributed by atoms with Gasteiger partial charge < -0.3 is 5.32 Å². The Hall–Kier alpha value is -3.46. The number of amides is 1. The summed E-state index contributed by atoms with van der Waals surface area (Å²) in [6, 6.07) is 13.3. The zero-order chi connectivity index (χ0) is 17.7. The summed E-state index contributed by atoms with van der Waals surface area (Å²) in [5.41, 5.74) is 2.27. The Kier molecular flexibility index (Phi) is 5.07. The van der Waals surface area contributed by atoms with E-state index in [2.05, 4.69) is 5.32 Å². The van der Waals surface area contributed by atoms with Crippen LogP contribution in [-0.4, -0.2) is 10.8 Å². The number of benzene rings is 2. The van der Waals surface area contributed by atoms with E-state index in [4.69, 9.17) is 0 Å². The zero-order valence-corrected chi connectivity index (χ0v) is 13.2. The number of nitro groups is 1. The van der Waals surface area contributed by atoms with Gasteiger partial charge in [-0.3, -0.25) is 14.9 Å². The van der Waals surface area contributed by atoms with Gasteiger partial charge in [-0.1, -0.05) is 24.3 Å². The molecule has 0 bridgehead atoms. The van der Waals surface area contributed by atoms with Gasteiger partial charge in [-0.2, -0.15) is 5.26 Å². The third-order valence-corrected chi connectivity index (χ3v) is 3.44. The molecule has 0 aromatic heterocycles. The number of carbonyl (C=O) groups is 1. The van der Waals surface area contributed by atoms with Crippen LogP contribution in [0.2, 0.25) is 0 Å². The first-order valence-corrected chi connectivity index (χ1v) is 7.16.